The van der Waals surface area contributed by atoms with Gasteiger partial charge in [-0.3, -0.25) is 20.2 Å². The van der Waals surface area contributed by atoms with Crippen LogP contribution in [0, 0.1) is 6.92 Å². The monoisotopic (exact) mass is 227 g/mol. The number of rotatable bonds is 5. The van der Waals surface area contributed by atoms with E-state index in [9.17, 15) is 9.59 Å². The Hall–Kier alpha value is -1.89. The molecule has 0 radical (unpaired) electrons. The van der Waals surface area contributed by atoms with Crippen LogP contribution in [0.1, 0.15) is 12.6 Å². The number of hydrogen-bond donors (Lipinski definition) is 3. The number of amides is 1. The summed E-state index contributed by atoms with van der Waals surface area (Å²) in [6.45, 7) is 3.07. The summed E-state index contributed by atoms with van der Waals surface area (Å²) in [7, 11) is 0. The van der Waals surface area contributed by atoms with Gasteiger partial charge >= 0.3 is 5.97 Å². The quantitative estimate of drug-likeness (QED) is 0.653. The number of aliphatic carboxylic acids is 1. The van der Waals surface area contributed by atoms with Crippen molar-refractivity contribution >= 4 is 17.8 Å². The van der Waals surface area contributed by atoms with Gasteiger partial charge in [0.05, 0.1) is 12.2 Å². The highest BCUT2D eigenvalue weighted by atomic mass is 16.5. The van der Waals surface area contributed by atoms with Gasteiger partial charge in [-0.25, -0.2) is 0 Å². The summed E-state index contributed by atoms with van der Waals surface area (Å²) in [5.41, 5.74) is 0.655. The fourth-order valence-corrected chi connectivity index (χ4v) is 0.937. The molecular weight excluding hydrogens is 214 g/mol. The fourth-order valence-electron chi connectivity index (χ4n) is 0.937. The summed E-state index contributed by atoms with van der Waals surface area (Å²) < 4.78 is 4.76. The van der Waals surface area contributed by atoms with Crippen LogP contribution in [0.5, 0.6) is 0 Å². The molecule has 88 valence electrons. The van der Waals surface area contributed by atoms with E-state index in [0.29, 0.717) is 5.69 Å². The number of carboxylic acids is 1. The zero-order chi connectivity index (χ0) is 12.1. The third-order valence-electron chi connectivity index (χ3n) is 1.83. The van der Waals surface area contributed by atoms with Crippen molar-refractivity contribution in [3.8, 4) is 0 Å². The number of carbonyl (C=O) groups is 2. The number of anilines is 1. The molecule has 0 aliphatic rings. The maximum atomic E-state index is 11.3. The number of hydrogen-bond acceptors (Lipinski definition) is 5. The summed E-state index contributed by atoms with van der Waals surface area (Å²) in [4.78, 5) is 21.7. The molecule has 0 aromatic carbocycles. The molecule has 0 spiro atoms. The Morgan fingerprint density at radius 1 is 1.62 bits per heavy atom. The molecule has 1 heterocycles. The van der Waals surface area contributed by atoms with E-state index in [1.54, 1.807) is 13.0 Å². The molecule has 0 fully saturated rings. The van der Waals surface area contributed by atoms with Crippen LogP contribution in [-0.4, -0.2) is 34.7 Å². The molecule has 1 aromatic rings. The first-order chi connectivity index (χ1) is 7.49. The molecule has 16 heavy (non-hydrogen) atoms. The molecule has 1 atom stereocenters. The molecule has 7 nitrogen and oxygen atoms in total. The van der Waals surface area contributed by atoms with Crippen molar-refractivity contribution in [1.82, 2.24) is 10.5 Å². The Morgan fingerprint density at radius 3 is 2.81 bits per heavy atom. The van der Waals surface area contributed by atoms with E-state index in [4.69, 9.17) is 9.63 Å². The molecule has 0 unspecified atom stereocenters. The highest BCUT2D eigenvalue weighted by Gasteiger charge is 2.12. The predicted molar refractivity (Wildman–Crippen MR) is 55.0 cm³/mol. The summed E-state index contributed by atoms with van der Waals surface area (Å²) in [5, 5.41) is 17.1. The second-order valence-corrected chi connectivity index (χ2v) is 3.32. The van der Waals surface area contributed by atoms with E-state index >= 15 is 0 Å². The van der Waals surface area contributed by atoms with Crippen molar-refractivity contribution in [3.05, 3.63) is 11.8 Å². The predicted octanol–water partition coefficient (Wildman–Crippen LogP) is -0.0158. The molecule has 0 saturated carbocycles. The van der Waals surface area contributed by atoms with Crippen molar-refractivity contribution in [2.75, 3.05) is 11.9 Å². The number of aromatic nitrogens is 1. The van der Waals surface area contributed by atoms with Crippen molar-refractivity contribution < 1.29 is 19.2 Å². The summed E-state index contributed by atoms with van der Waals surface area (Å²) in [6, 6.07) is 0.792. The molecule has 1 aromatic heterocycles. The minimum atomic E-state index is -1.01. The first-order valence-electron chi connectivity index (χ1n) is 4.68. The molecule has 1 rings (SSSR count). The average Bonchev–Trinajstić information content (AvgIpc) is 2.60. The number of aryl methyl sites for hydroxylation is 1. The van der Waals surface area contributed by atoms with E-state index in [2.05, 4.69) is 15.8 Å². The van der Waals surface area contributed by atoms with Gasteiger partial charge in [-0.05, 0) is 13.8 Å². The van der Waals surface area contributed by atoms with Gasteiger partial charge in [0, 0.05) is 6.07 Å². The first kappa shape index (κ1) is 12.2. The zero-order valence-electron chi connectivity index (χ0n) is 8.98. The lowest BCUT2D eigenvalue weighted by atomic mass is 10.3. The summed E-state index contributed by atoms with van der Waals surface area (Å²) >= 11 is 0. The Bertz CT molecular complexity index is 388. The van der Waals surface area contributed by atoms with Crippen molar-refractivity contribution in [2.24, 2.45) is 0 Å². The smallest absolute Gasteiger partial charge is 0.320 e. The minimum absolute atomic E-state index is 0.104. The molecule has 0 aliphatic heterocycles. The second kappa shape index (κ2) is 5.26. The van der Waals surface area contributed by atoms with Crippen LogP contribution < -0.4 is 10.6 Å². The van der Waals surface area contributed by atoms with Gasteiger partial charge in [0.15, 0.2) is 0 Å². The zero-order valence-corrected chi connectivity index (χ0v) is 8.98. The summed E-state index contributed by atoms with van der Waals surface area (Å²) in [6.07, 6.45) is 0. The molecule has 0 aliphatic carbocycles. The molecule has 0 saturated heterocycles. The van der Waals surface area contributed by atoms with Gasteiger partial charge in [0.25, 0.3) is 0 Å². The normalized spacial score (nSPS) is 12.1. The van der Waals surface area contributed by atoms with Crippen LogP contribution in [0.25, 0.3) is 0 Å². The van der Waals surface area contributed by atoms with Crippen LogP contribution in [0.3, 0.4) is 0 Å². The second-order valence-electron chi connectivity index (χ2n) is 3.32. The summed E-state index contributed by atoms with van der Waals surface area (Å²) in [5.74, 6) is -1.15. The Labute approximate surface area is 91.8 Å². The van der Waals surface area contributed by atoms with E-state index in [1.165, 1.54) is 6.92 Å². The van der Waals surface area contributed by atoms with Crippen LogP contribution in [-0.2, 0) is 9.59 Å². The SMILES string of the molecule is Cc1cc(NC(=O)CN[C@H](C)C(=O)O)on1. The third kappa shape index (κ3) is 3.70. The van der Waals surface area contributed by atoms with Gasteiger partial charge in [0.2, 0.25) is 11.8 Å². The third-order valence-corrected chi connectivity index (χ3v) is 1.83. The first-order valence-corrected chi connectivity index (χ1v) is 4.68. The van der Waals surface area contributed by atoms with E-state index in [-0.39, 0.29) is 18.3 Å². The van der Waals surface area contributed by atoms with Gasteiger partial charge in [-0.2, -0.15) is 0 Å². The Morgan fingerprint density at radius 2 is 2.31 bits per heavy atom. The molecule has 0 bridgehead atoms. The maximum Gasteiger partial charge on any atom is 0.320 e. The molecule has 1 amide bonds. The fraction of sp³-hybridized carbons (Fsp3) is 0.444. The van der Waals surface area contributed by atoms with Crippen LogP contribution in [0.4, 0.5) is 5.88 Å². The molecule has 3 N–H and O–H groups in total. The lowest BCUT2D eigenvalue weighted by Crippen LogP contribution is -2.39. The van der Waals surface area contributed by atoms with E-state index in [1.807, 2.05) is 0 Å². The highest BCUT2D eigenvalue weighted by Crippen LogP contribution is 2.07. The Kier molecular flexibility index (Phi) is 4.01. The van der Waals surface area contributed by atoms with Crippen molar-refractivity contribution in [1.29, 1.82) is 0 Å². The van der Waals surface area contributed by atoms with Gasteiger partial charge < -0.3 is 9.63 Å². The minimum Gasteiger partial charge on any atom is -0.480 e. The largest absolute Gasteiger partial charge is 0.480 e. The van der Waals surface area contributed by atoms with Crippen molar-refractivity contribution in [2.45, 2.75) is 19.9 Å². The lowest BCUT2D eigenvalue weighted by Gasteiger charge is -2.07. The van der Waals surface area contributed by atoms with Crippen molar-refractivity contribution in [3.63, 3.8) is 0 Å². The topological polar surface area (TPSA) is 104 Å². The molecular formula is C9H13N3O4. The standard InChI is InChI=1S/C9H13N3O4/c1-5-3-8(16-12-5)11-7(13)4-10-6(2)9(14)15/h3,6,10H,4H2,1-2H3,(H,11,13)(H,14,15)/t6-/m1/s1. The number of carbonyl (C=O) groups excluding carboxylic acids is 1. The van der Waals surface area contributed by atoms with E-state index < -0.39 is 12.0 Å². The van der Waals surface area contributed by atoms with Crippen LogP contribution in [0.15, 0.2) is 10.6 Å². The Balaban J connectivity index is 2.34. The van der Waals surface area contributed by atoms with Gasteiger partial charge in [0.1, 0.15) is 6.04 Å². The number of nitrogens with zero attached hydrogens (tertiary/aromatic N) is 1. The maximum absolute atomic E-state index is 11.3. The molecule has 7 heteroatoms. The van der Waals surface area contributed by atoms with Crippen LogP contribution >= 0.6 is 0 Å². The van der Waals surface area contributed by atoms with Gasteiger partial charge in [-0.1, -0.05) is 5.16 Å². The number of carboxylic acid groups (broad SMARTS) is 1. The highest BCUT2D eigenvalue weighted by molar-refractivity contribution is 5.91. The average molecular weight is 227 g/mol. The lowest BCUT2D eigenvalue weighted by molar-refractivity contribution is -0.139. The van der Waals surface area contributed by atoms with Crippen LogP contribution in [0.2, 0.25) is 0 Å². The van der Waals surface area contributed by atoms with Gasteiger partial charge in [-0.15, -0.1) is 0 Å². The van der Waals surface area contributed by atoms with E-state index in [0.717, 1.165) is 0 Å². The number of nitrogens with one attached hydrogen (secondary N) is 2.